The van der Waals surface area contributed by atoms with Gasteiger partial charge in [-0.05, 0) is 32.2 Å². The summed E-state index contributed by atoms with van der Waals surface area (Å²) in [5, 5.41) is 6.08. The van der Waals surface area contributed by atoms with Crippen molar-refractivity contribution >= 4 is 5.91 Å². The van der Waals surface area contributed by atoms with Crippen molar-refractivity contribution in [3.05, 3.63) is 0 Å². The Morgan fingerprint density at radius 1 is 1.18 bits per heavy atom. The zero-order valence-corrected chi connectivity index (χ0v) is 11.7. The average molecular weight is 244 g/mol. The summed E-state index contributed by atoms with van der Waals surface area (Å²) in [6, 6.07) is 0. The van der Waals surface area contributed by atoms with Crippen LogP contribution in [0.5, 0.6) is 0 Å². The number of carbonyl (C=O) groups excluding carboxylic acids is 1. The Kier molecular flexibility index (Phi) is 10.2. The van der Waals surface area contributed by atoms with E-state index in [2.05, 4.69) is 31.4 Å². The van der Waals surface area contributed by atoms with Gasteiger partial charge in [0.15, 0.2) is 0 Å². The second-order valence-electron chi connectivity index (χ2n) is 4.74. The Balaban J connectivity index is 3.47. The lowest BCUT2D eigenvalue weighted by molar-refractivity contribution is -0.131. The summed E-state index contributed by atoms with van der Waals surface area (Å²) in [6.07, 6.45) is 1.76. The lowest BCUT2D eigenvalue weighted by Crippen LogP contribution is -2.38. The highest BCUT2D eigenvalue weighted by molar-refractivity contribution is 5.80. The fraction of sp³-hybridized carbons (Fsp3) is 0.923. The zero-order valence-electron chi connectivity index (χ0n) is 11.7. The highest BCUT2D eigenvalue weighted by atomic mass is 16.5. The van der Waals surface area contributed by atoms with E-state index in [-0.39, 0.29) is 12.0 Å². The van der Waals surface area contributed by atoms with Gasteiger partial charge in [0.2, 0.25) is 5.91 Å². The molecule has 0 aliphatic rings. The van der Waals surface area contributed by atoms with Crippen LogP contribution in [0, 0.1) is 5.92 Å². The number of nitrogens with one attached hydrogen (secondary N) is 2. The molecule has 0 spiro atoms. The van der Waals surface area contributed by atoms with Gasteiger partial charge in [-0.3, -0.25) is 4.79 Å². The standard InChI is InChI=1S/C13H28N2O2/c1-5-7-14-8-9-15-13(16)12(4)17-10-6-11(2)3/h11-12,14H,5-10H2,1-4H3,(H,15,16). The van der Waals surface area contributed by atoms with Gasteiger partial charge in [-0.1, -0.05) is 20.8 Å². The van der Waals surface area contributed by atoms with Crippen molar-refractivity contribution in [1.29, 1.82) is 0 Å². The van der Waals surface area contributed by atoms with E-state index < -0.39 is 0 Å². The first kappa shape index (κ1) is 16.4. The molecule has 1 atom stereocenters. The van der Waals surface area contributed by atoms with Crippen molar-refractivity contribution in [3.8, 4) is 0 Å². The maximum atomic E-state index is 11.6. The maximum absolute atomic E-state index is 11.6. The molecule has 1 unspecified atom stereocenters. The lowest BCUT2D eigenvalue weighted by atomic mass is 10.1. The number of hydrogen-bond acceptors (Lipinski definition) is 3. The Bertz CT molecular complexity index is 196. The van der Waals surface area contributed by atoms with E-state index in [9.17, 15) is 4.79 Å². The van der Waals surface area contributed by atoms with E-state index in [1.807, 2.05) is 0 Å². The third-order valence-electron chi connectivity index (χ3n) is 2.46. The Labute approximate surface area is 105 Å². The average Bonchev–Trinajstić information content (AvgIpc) is 2.27. The van der Waals surface area contributed by atoms with Crippen molar-refractivity contribution in [3.63, 3.8) is 0 Å². The number of carbonyl (C=O) groups is 1. The highest BCUT2D eigenvalue weighted by Gasteiger charge is 2.12. The van der Waals surface area contributed by atoms with Crippen LogP contribution in [0.3, 0.4) is 0 Å². The van der Waals surface area contributed by atoms with Gasteiger partial charge >= 0.3 is 0 Å². The first-order valence-corrected chi connectivity index (χ1v) is 6.68. The molecular formula is C13H28N2O2. The molecular weight excluding hydrogens is 216 g/mol. The van der Waals surface area contributed by atoms with Gasteiger partial charge in [-0.25, -0.2) is 0 Å². The fourth-order valence-corrected chi connectivity index (χ4v) is 1.28. The second kappa shape index (κ2) is 10.5. The molecule has 0 rings (SSSR count). The lowest BCUT2D eigenvalue weighted by Gasteiger charge is -2.14. The summed E-state index contributed by atoms with van der Waals surface area (Å²) in [5.41, 5.74) is 0. The van der Waals surface area contributed by atoms with Crippen LogP contribution in [-0.4, -0.2) is 38.3 Å². The maximum Gasteiger partial charge on any atom is 0.248 e. The summed E-state index contributed by atoms with van der Waals surface area (Å²) in [7, 11) is 0. The van der Waals surface area contributed by atoms with E-state index >= 15 is 0 Å². The molecule has 0 aliphatic carbocycles. The molecule has 0 radical (unpaired) electrons. The highest BCUT2D eigenvalue weighted by Crippen LogP contribution is 2.01. The largest absolute Gasteiger partial charge is 0.369 e. The van der Waals surface area contributed by atoms with Gasteiger partial charge in [0, 0.05) is 19.7 Å². The summed E-state index contributed by atoms with van der Waals surface area (Å²) >= 11 is 0. The topological polar surface area (TPSA) is 50.4 Å². The predicted molar refractivity (Wildman–Crippen MR) is 71.0 cm³/mol. The van der Waals surface area contributed by atoms with Crippen molar-refractivity contribution in [2.24, 2.45) is 5.92 Å². The minimum atomic E-state index is -0.347. The van der Waals surface area contributed by atoms with E-state index in [0.29, 0.717) is 19.1 Å². The third kappa shape index (κ3) is 10.3. The summed E-state index contributed by atoms with van der Waals surface area (Å²) in [5.74, 6) is 0.593. The predicted octanol–water partition coefficient (Wildman–Crippen LogP) is 1.55. The molecule has 0 heterocycles. The van der Waals surface area contributed by atoms with Crippen LogP contribution in [0.1, 0.15) is 40.5 Å². The van der Waals surface area contributed by atoms with E-state index in [1.54, 1.807) is 6.92 Å². The van der Waals surface area contributed by atoms with Crippen molar-refractivity contribution < 1.29 is 9.53 Å². The Hall–Kier alpha value is -0.610. The quantitative estimate of drug-likeness (QED) is 0.573. The van der Waals surface area contributed by atoms with Crippen molar-refractivity contribution in [1.82, 2.24) is 10.6 Å². The Morgan fingerprint density at radius 3 is 2.47 bits per heavy atom. The molecule has 0 bridgehead atoms. The molecule has 0 aromatic rings. The van der Waals surface area contributed by atoms with Crippen LogP contribution in [-0.2, 0) is 9.53 Å². The van der Waals surface area contributed by atoms with Gasteiger partial charge in [0.25, 0.3) is 0 Å². The summed E-state index contributed by atoms with van der Waals surface area (Å²) in [4.78, 5) is 11.6. The Morgan fingerprint density at radius 2 is 1.88 bits per heavy atom. The molecule has 0 aromatic carbocycles. The number of rotatable bonds is 10. The van der Waals surface area contributed by atoms with Gasteiger partial charge in [0.1, 0.15) is 6.10 Å². The SMILES string of the molecule is CCCNCCNC(=O)C(C)OCCC(C)C. The normalized spacial score (nSPS) is 12.8. The van der Waals surface area contributed by atoms with Crippen molar-refractivity contribution in [2.75, 3.05) is 26.2 Å². The summed E-state index contributed by atoms with van der Waals surface area (Å²) < 4.78 is 5.46. The van der Waals surface area contributed by atoms with Crippen LogP contribution in [0.25, 0.3) is 0 Å². The number of ether oxygens (including phenoxy) is 1. The van der Waals surface area contributed by atoms with Crippen LogP contribution >= 0.6 is 0 Å². The van der Waals surface area contributed by atoms with E-state index in [4.69, 9.17) is 4.74 Å². The molecule has 17 heavy (non-hydrogen) atoms. The summed E-state index contributed by atoms with van der Waals surface area (Å²) in [6.45, 7) is 11.3. The van der Waals surface area contributed by atoms with Crippen LogP contribution < -0.4 is 10.6 Å². The van der Waals surface area contributed by atoms with Gasteiger partial charge in [-0.2, -0.15) is 0 Å². The minimum absolute atomic E-state index is 0.0212. The first-order valence-electron chi connectivity index (χ1n) is 6.68. The molecule has 0 aliphatic heterocycles. The second-order valence-corrected chi connectivity index (χ2v) is 4.74. The molecule has 0 saturated carbocycles. The molecule has 0 saturated heterocycles. The first-order chi connectivity index (χ1) is 8.07. The fourth-order valence-electron chi connectivity index (χ4n) is 1.28. The van der Waals surface area contributed by atoms with Gasteiger partial charge in [0.05, 0.1) is 0 Å². The van der Waals surface area contributed by atoms with Gasteiger partial charge in [-0.15, -0.1) is 0 Å². The number of amides is 1. The van der Waals surface area contributed by atoms with Crippen LogP contribution in [0.15, 0.2) is 0 Å². The minimum Gasteiger partial charge on any atom is -0.369 e. The molecule has 0 fully saturated rings. The number of hydrogen-bond donors (Lipinski definition) is 2. The third-order valence-corrected chi connectivity index (χ3v) is 2.46. The van der Waals surface area contributed by atoms with E-state index in [0.717, 1.165) is 25.9 Å². The molecule has 2 N–H and O–H groups in total. The van der Waals surface area contributed by atoms with E-state index in [1.165, 1.54) is 0 Å². The van der Waals surface area contributed by atoms with Crippen LogP contribution in [0.2, 0.25) is 0 Å². The van der Waals surface area contributed by atoms with Gasteiger partial charge < -0.3 is 15.4 Å². The molecule has 1 amide bonds. The van der Waals surface area contributed by atoms with Crippen molar-refractivity contribution in [2.45, 2.75) is 46.6 Å². The molecule has 102 valence electrons. The molecule has 4 heteroatoms. The zero-order chi connectivity index (χ0) is 13.1. The molecule has 4 nitrogen and oxygen atoms in total. The smallest absolute Gasteiger partial charge is 0.248 e. The molecule has 0 aromatic heterocycles. The monoisotopic (exact) mass is 244 g/mol. The van der Waals surface area contributed by atoms with Crippen LogP contribution in [0.4, 0.5) is 0 Å².